The zero-order valence-electron chi connectivity index (χ0n) is 25.4. The van der Waals surface area contributed by atoms with Crippen LogP contribution in [0.3, 0.4) is 0 Å². The smallest absolute Gasteiger partial charge is 0.408 e. The first-order valence-corrected chi connectivity index (χ1v) is 16.2. The number of nitrogens with zero attached hydrogens (tertiary/aromatic N) is 1. The number of nitrogens with one attached hydrogen (secondary N) is 2. The first kappa shape index (κ1) is 33.8. The molecular formula is C31H51N3O5S. The minimum atomic E-state index is -0.882. The Morgan fingerprint density at radius 3 is 2.42 bits per heavy atom. The highest BCUT2D eigenvalue weighted by molar-refractivity contribution is 7.98. The van der Waals surface area contributed by atoms with E-state index in [1.165, 1.54) is 6.42 Å². The lowest BCUT2D eigenvalue weighted by Crippen LogP contribution is -2.54. The first-order chi connectivity index (χ1) is 19.0. The van der Waals surface area contributed by atoms with Gasteiger partial charge in [-0.2, -0.15) is 11.8 Å². The Kier molecular flexibility index (Phi) is 14.1. The normalized spacial score (nSPS) is 15.7. The largest absolute Gasteiger partial charge is 0.508 e. The number of aromatic hydroxyl groups is 1. The number of unbranched alkanes of at least 4 members (excludes halogenated alkanes) is 3. The summed E-state index contributed by atoms with van der Waals surface area (Å²) in [4.78, 5) is 42.7. The molecule has 2 unspecified atom stereocenters. The zero-order valence-corrected chi connectivity index (χ0v) is 26.2. The summed E-state index contributed by atoms with van der Waals surface area (Å²) in [5.74, 6) is 0.278. The van der Waals surface area contributed by atoms with Crippen LogP contribution in [-0.4, -0.2) is 64.2 Å². The van der Waals surface area contributed by atoms with Crippen molar-refractivity contribution < 1.29 is 24.2 Å². The van der Waals surface area contributed by atoms with Crippen LogP contribution in [-0.2, 0) is 14.3 Å². The van der Waals surface area contributed by atoms with Gasteiger partial charge in [-0.1, -0.05) is 51.5 Å². The van der Waals surface area contributed by atoms with Crippen molar-refractivity contribution in [3.8, 4) is 5.75 Å². The van der Waals surface area contributed by atoms with Gasteiger partial charge in [0.15, 0.2) is 0 Å². The molecule has 0 radical (unpaired) electrons. The molecule has 1 aromatic carbocycles. The van der Waals surface area contributed by atoms with Gasteiger partial charge in [0.2, 0.25) is 11.8 Å². The number of rotatable bonds is 14. The molecule has 40 heavy (non-hydrogen) atoms. The molecule has 3 amide bonds. The lowest BCUT2D eigenvalue weighted by atomic mass is 9.94. The molecule has 1 aliphatic carbocycles. The highest BCUT2D eigenvalue weighted by atomic mass is 32.2. The highest BCUT2D eigenvalue weighted by Gasteiger charge is 2.37. The molecule has 1 aliphatic rings. The van der Waals surface area contributed by atoms with E-state index in [2.05, 4.69) is 17.6 Å². The number of phenolic OH excluding ortho intramolecular Hbond substituents is 1. The summed E-state index contributed by atoms with van der Waals surface area (Å²) in [5.41, 5.74) is 0.578. The fourth-order valence-corrected chi connectivity index (χ4v) is 5.54. The minimum absolute atomic E-state index is 0.0752. The van der Waals surface area contributed by atoms with Gasteiger partial charge in [-0.15, -0.1) is 0 Å². The number of thioether (sulfide) groups is 1. The number of carbonyl (C=O) groups excluding carboxylic acids is 3. The van der Waals surface area contributed by atoms with Crippen LogP contribution in [0.1, 0.15) is 109 Å². The molecule has 0 aliphatic heterocycles. The first-order valence-electron chi connectivity index (χ1n) is 14.9. The molecule has 8 nitrogen and oxygen atoms in total. The van der Waals surface area contributed by atoms with Crippen LogP contribution in [0.25, 0.3) is 0 Å². The molecule has 0 aromatic heterocycles. The molecule has 0 saturated heterocycles. The summed E-state index contributed by atoms with van der Waals surface area (Å²) in [5, 5.41) is 16.2. The molecule has 2 rings (SSSR count). The van der Waals surface area contributed by atoms with Crippen molar-refractivity contribution in [2.75, 3.05) is 18.6 Å². The second kappa shape index (κ2) is 16.7. The van der Waals surface area contributed by atoms with Crippen LogP contribution in [0.15, 0.2) is 18.2 Å². The standard InChI is InChI=1S/C31H51N3O5S/c1-7-8-9-13-19-34(29(37)25(18-20-40-6)33-30(38)39-31(3,4)5)27(23-16-17-26(35)22(2)21-23)28(36)32-24-14-11-10-12-15-24/h16-17,21,24-25,27,35H,7-15,18-20H2,1-6H3,(H,32,36)(H,33,38). The second-order valence-electron chi connectivity index (χ2n) is 11.9. The Hall–Kier alpha value is -2.42. The number of aryl methyl sites for hydroxylation is 1. The molecular weight excluding hydrogens is 526 g/mol. The third kappa shape index (κ3) is 11.2. The maximum Gasteiger partial charge on any atom is 0.408 e. The Bertz CT molecular complexity index is 959. The number of phenols is 1. The van der Waals surface area contributed by atoms with E-state index in [0.29, 0.717) is 29.8 Å². The maximum absolute atomic E-state index is 14.3. The summed E-state index contributed by atoms with van der Waals surface area (Å²) in [7, 11) is 0. The Morgan fingerprint density at radius 2 is 1.82 bits per heavy atom. The second-order valence-corrected chi connectivity index (χ2v) is 12.9. The zero-order chi connectivity index (χ0) is 29.7. The maximum atomic E-state index is 14.3. The fourth-order valence-electron chi connectivity index (χ4n) is 5.07. The number of amides is 3. The van der Waals surface area contributed by atoms with Crippen molar-refractivity contribution >= 4 is 29.7 Å². The average Bonchev–Trinajstić information content (AvgIpc) is 2.89. The number of alkyl carbamates (subject to hydrolysis) is 1. The molecule has 9 heteroatoms. The predicted octanol–water partition coefficient (Wildman–Crippen LogP) is 6.25. The van der Waals surface area contributed by atoms with Crippen LogP contribution in [0.5, 0.6) is 5.75 Å². The third-order valence-corrected chi connectivity index (χ3v) is 7.83. The summed E-state index contributed by atoms with van der Waals surface area (Å²) in [6.45, 7) is 9.64. The molecule has 0 heterocycles. The summed E-state index contributed by atoms with van der Waals surface area (Å²) in [6.07, 6.45) is 10.6. The van der Waals surface area contributed by atoms with Crippen LogP contribution in [0, 0.1) is 6.92 Å². The number of benzene rings is 1. The van der Waals surface area contributed by atoms with Crippen molar-refractivity contribution in [3.63, 3.8) is 0 Å². The van der Waals surface area contributed by atoms with Gasteiger partial charge in [0.05, 0.1) is 0 Å². The molecule has 3 N–H and O–H groups in total. The molecule has 1 aromatic rings. The van der Waals surface area contributed by atoms with Gasteiger partial charge >= 0.3 is 6.09 Å². The van der Waals surface area contributed by atoms with Crippen LogP contribution >= 0.6 is 11.8 Å². The molecule has 0 spiro atoms. The van der Waals surface area contributed by atoms with Crippen molar-refractivity contribution in [1.29, 1.82) is 0 Å². The minimum Gasteiger partial charge on any atom is -0.508 e. The fraction of sp³-hybridized carbons (Fsp3) is 0.710. The van der Waals surface area contributed by atoms with Gasteiger partial charge < -0.3 is 25.4 Å². The Labute approximate surface area is 245 Å². The molecule has 1 saturated carbocycles. The predicted molar refractivity (Wildman–Crippen MR) is 163 cm³/mol. The van der Waals surface area contributed by atoms with Crippen molar-refractivity contribution in [3.05, 3.63) is 29.3 Å². The summed E-state index contributed by atoms with van der Waals surface area (Å²) in [6, 6.07) is 3.44. The quantitative estimate of drug-likeness (QED) is 0.226. The molecule has 2 atom stereocenters. The number of carbonyl (C=O) groups is 3. The van der Waals surface area contributed by atoms with Crippen LogP contribution < -0.4 is 10.6 Å². The van der Waals surface area contributed by atoms with Gasteiger partial charge in [-0.3, -0.25) is 9.59 Å². The lowest BCUT2D eigenvalue weighted by molar-refractivity contribution is -0.143. The van der Waals surface area contributed by atoms with Crippen LogP contribution in [0.4, 0.5) is 4.79 Å². The lowest BCUT2D eigenvalue weighted by Gasteiger charge is -2.36. The van der Waals surface area contributed by atoms with E-state index in [1.54, 1.807) is 62.6 Å². The SMILES string of the molecule is CCCCCCN(C(=O)C(CCSC)NC(=O)OC(C)(C)C)C(C(=O)NC1CCCCC1)c1ccc(O)c(C)c1. The van der Waals surface area contributed by atoms with E-state index in [9.17, 15) is 19.5 Å². The van der Waals surface area contributed by atoms with E-state index in [4.69, 9.17) is 4.74 Å². The van der Waals surface area contributed by atoms with Gasteiger partial charge in [0.25, 0.3) is 0 Å². The number of ether oxygens (including phenoxy) is 1. The van der Waals surface area contributed by atoms with E-state index < -0.39 is 23.8 Å². The topological polar surface area (TPSA) is 108 Å². The summed E-state index contributed by atoms with van der Waals surface area (Å²) >= 11 is 1.59. The van der Waals surface area contributed by atoms with Gasteiger partial charge in [-0.05, 0) is 88.6 Å². The average molecular weight is 578 g/mol. The Balaban J connectivity index is 2.48. The number of hydrogen-bond acceptors (Lipinski definition) is 6. The molecule has 1 fully saturated rings. The van der Waals surface area contributed by atoms with Gasteiger partial charge in [-0.25, -0.2) is 4.79 Å². The van der Waals surface area contributed by atoms with E-state index in [-0.39, 0.29) is 23.6 Å². The summed E-state index contributed by atoms with van der Waals surface area (Å²) < 4.78 is 5.48. The van der Waals surface area contributed by atoms with E-state index in [1.807, 2.05) is 6.26 Å². The molecule has 0 bridgehead atoms. The van der Waals surface area contributed by atoms with Crippen LogP contribution in [0.2, 0.25) is 0 Å². The van der Waals surface area contributed by atoms with E-state index >= 15 is 0 Å². The van der Waals surface area contributed by atoms with E-state index in [0.717, 1.165) is 51.4 Å². The molecule has 226 valence electrons. The van der Waals surface area contributed by atoms with Gasteiger partial charge in [0, 0.05) is 12.6 Å². The Morgan fingerprint density at radius 1 is 1.12 bits per heavy atom. The van der Waals surface area contributed by atoms with Gasteiger partial charge in [0.1, 0.15) is 23.4 Å². The van der Waals surface area contributed by atoms with Crippen molar-refractivity contribution in [1.82, 2.24) is 15.5 Å². The number of hydrogen-bond donors (Lipinski definition) is 3. The highest BCUT2D eigenvalue weighted by Crippen LogP contribution is 2.29. The van der Waals surface area contributed by atoms with Crippen molar-refractivity contribution in [2.45, 2.75) is 123 Å². The monoisotopic (exact) mass is 577 g/mol. The van der Waals surface area contributed by atoms with Crippen molar-refractivity contribution in [2.24, 2.45) is 0 Å². The third-order valence-electron chi connectivity index (χ3n) is 7.18.